The fourth-order valence-corrected chi connectivity index (χ4v) is 2.09. The van der Waals surface area contributed by atoms with Crippen LogP contribution in [0.2, 0.25) is 0 Å². The van der Waals surface area contributed by atoms with Crippen LogP contribution < -0.4 is 0 Å². The summed E-state index contributed by atoms with van der Waals surface area (Å²) in [6.45, 7) is 2.23. The summed E-state index contributed by atoms with van der Waals surface area (Å²) in [6, 6.07) is 0. The van der Waals surface area contributed by atoms with Crippen molar-refractivity contribution in [2.75, 3.05) is 0 Å². The third-order valence-electron chi connectivity index (χ3n) is 3.34. The van der Waals surface area contributed by atoms with E-state index in [-0.39, 0.29) is 21.1 Å². The molecule has 0 spiro atoms. The van der Waals surface area contributed by atoms with Gasteiger partial charge in [-0.2, -0.15) is 0 Å². The molecule has 21 heavy (non-hydrogen) atoms. The molecular weight excluding hydrogens is 344 g/mol. The van der Waals surface area contributed by atoms with Gasteiger partial charge in [0.25, 0.3) is 0 Å². The SMILES string of the molecule is CCCCC/C=C\C/C=C\CCCCCCCC(=O)O.[Mo]. The van der Waals surface area contributed by atoms with E-state index in [9.17, 15) is 4.79 Å². The van der Waals surface area contributed by atoms with Crippen LogP contribution in [0.1, 0.15) is 84.0 Å². The molecule has 2 nitrogen and oxygen atoms in total. The van der Waals surface area contributed by atoms with E-state index in [1.54, 1.807) is 0 Å². The smallest absolute Gasteiger partial charge is 0.303 e. The van der Waals surface area contributed by atoms with Crippen LogP contribution in [0.25, 0.3) is 0 Å². The van der Waals surface area contributed by atoms with Crippen LogP contribution in [0.5, 0.6) is 0 Å². The zero-order chi connectivity index (χ0) is 14.9. The molecule has 0 aromatic carbocycles. The summed E-state index contributed by atoms with van der Waals surface area (Å²) in [5, 5.41) is 8.50. The van der Waals surface area contributed by atoms with Gasteiger partial charge < -0.3 is 5.11 Å². The van der Waals surface area contributed by atoms with E-state index >= 15 is 0 Å². The molecule has 0 aromatic heterocycles. The van der Waals surface area contributed by atoms with Crippen molar-refractivity contribution in [1.82, 2.24) is 0 Å². The molecule has 0 rings (SSSR count). The molecule has 0 radical (unpaired) electrons. The van der Waals surface area contributed by atoms with Crippen molar-refractivity contribution in [1.29, 1.82) is 0 Å². The van der Waals surface area contributed by atoms with Crippen molar-refractivity contribution in [3.05, 3.63) is 24.3 Å². The van der Waals surface area contributed by atoms with Gasteiger partial charge in [0, 0.05) is 27.5 Å². The number of aliphatic carboxylic acids is 1. The third kappa shape index (κ3) is 22.1. The summed E-state index contributed by atoms with van der Waals surface area (Å²) in [5.41, 5.74) is 0. The number of hydrogen-bond donors (Lipinski definition) is 1. The number of carboxylic acid groups (broad SMARTS) is 1. The molecule has 0 fully saturated rings. The van der Waals surface area contributed by atoms with Gasteiger partial charge in [0.15, 0.2) is 0 Å². The monoisotopic (exact) mass is 378 g/mol. The van der Waals surface area contributed by atoms with Crippen molar-refractivity contribution in [3.63, 3.8) is 0 Å². The molecule has 0 aliphatic heterocycles. The van der Waals surface area contributed by atoms with Crippen LogP contribution >= 0.6 is 0 Å². The van der Waals surface area contributed by atoms with Crippen molar-refractivity contribution in [2.24, 2.45) is 0 Å². The number of hydrogen-bond acceptors (Lipinski definition) is 1. The Kier molecular flexibility index (Phi) is 21.4. The first kappa shape index (κ1) is 22.9. The van der Waals surface area contributed by atoms with Crippen LogP contribution in [0.3, 0.4) is 0 Å². The van der Waals surface area contributed by atoms with Gasteiger partial charge in [0.1, 0.15) is 0 Å². The largest absolute Gasteiger partial charge is 0.481 e. The van der Waals surface area contributed by atoms with Gasteiger partial charge in [-0.15, -0.1) is 0 Å². The Labute approximate surface area is 145 Å². The van der Waals surface area contributed by atoms with E-state index < -0.39 is 5.97 Å². The standard InChI is InChI=1S/C18H32O2.Mo/c1-2-3-4-5-6-7-8-9-10-11-12-13-14-15-16-17-18(19)20;/h6-7,9-10H,2-5,8,11-17H2,1H3,(H,19,20);/b7-6-,10-9-;. The van der Waals surface area contributed by atoms with Gasteiger partial charge in [0.05, 0.1) is 0 Å². The third-order valence-corrected chi connectivity index (χ3v) is 3.34. The van der Waals surface area contributed by atoms with E-state index in [1.165, 1.54) is 44.9 Å². The first-order chi connectivity index (χ1) is 9.77. The molecule has 3 heteroatoms. The molecule has 0 heterocycles. The maximum atomic E-state index is 10.3. The van der Waals surface area contributed by atoms with Gasteiger partial charge in [-0.1, -0.05) is 63.3 Å². The van der Waals surface area contributed by atoms with Crippen molar-refractivity contribution < 1.29 is 31.0 Å². The number of rotatable bonds is 14. The predicted molar refractivity (Wildman–Crippen MR) is 87.0 cm³/mol. The zero-order valence-electron chi connectivity index (χ0n) is 13.6. The average Bonchev–Trinajstić information content (AvgIpc) is 2.43. The minimum absolute atomic E-state index is 0. The maximum absolute atomic E-state index is 10.3. The number of allylic oxidation sites excluding steroid dienone is 4. The molecular formula is C18H32MoO2. The summed E-state index contributed by atoms with van der Waals surface area (Å²) in [6.07, 6.45) is 22.3. The number of carboxylic acids is 1. The summed E-state index contributed by atoms with van der Waals surface area (Å²) in [7, 11) is 0. The topological polar surface area (TPSA) is 37.3 Å². The van der Waals surface area contributed by atoms with Gasteiger partial charge in [-0.25, -0.2) is 0 Å². The Morgan fingerprint density at radius 3 is 1.90 bits per heavy atom. The second-order valence-corrected chi connectivity index (χ2v) is 5.37. The summed E-state index contributed by atoms with van der Waals surface area (Å²) < 4.78 is 0. The molecule has 0 saturated heterocycles. The minimum atomic E-state index is -0.671. The van der Waals surface area contributed by atoms with E-state index in [1.807, 2.05) is 0 Å². The Balaban J connectivity index is 0. The van der Waals surface area contributed by atoms with Crippen LogP contribution in [0, 0.1) is 0 Å². The molecule has 0 aromatic rings. The van der Waals surface area contributed by atoms with Crippen molar-refractivity contribution in [2.45, 2.75) is 84.0 Å². The minimum Gasteiger partial charge on any atom is -0.481 e. The van der Waals surface area contributed by atoms with Gasteiger partial charge in [0.2, 0.25) is 0 Å². The summed E-state index contributed by atoms with van der Waals surface area (Å²) in [4.78, 5) is 10.3. The second kappa shape index (κ2) is 19.6. The van der Waals surface area contributed by atoms with Crippen LogP contribution in [-0.4, -0.2) is 11.1 Å². The molecule has 1 N–H and O–H groups in total. The van der Waals surface area contributed by atoms with Crippen LogP contribution in [0.15, 0.2) is 24.3 Å². The molecule has 0 saturated carbocycles. The van der Waals surface area contributed by atoms with E-state index in [0.717, 1.165) is 25.7 Å². The zero-order valence-corrected chi connectivity index (χ0v) is 15.6. The molecule has 0 aliphatic rings. The Morgan fingerprint density at radius 2 is 1.33 bits per heavy atom. The van der Waals surface area contributed by atoms with Gasteiger partial charge in [-0.3, -0.25) is 4.79 Å². The average molecular weight is 376 g/mol. The molecule has 0 bridgehead atoms. The van der Waals surface area contributed by atoms with Crippen LogP contribution in [-0.2, 0) is 25.9 Å². The van der Waals surface area contributed by atoms with E-state index in [0.29, 0.717) is 6.42 Å². The molecule has 0 unspecified atom stereocenters. The second-order valence-electron chi connectivity index (χ2n) is 5.37. The molecule has 0 atom stereocenters. The Morgan fingerprint density at radius 1 is 0.810 bits per heavy atom. The Bertz CT molecular complexity index is 272. The fourth-order valence-electron chi connectivity index (χ4n) is 2.09. The molecule has 0 aliphatic carbocycles. The van der Waals surface area contributed by atoms with Gasteiger partial charge >= 0.3 is 5.97 Å². The molecule has 122 valence electrons. The predicted octanol–water partition coefficient (Wildman–Crippen LogP) is 5.88. The van der Waals surface area contributed by atoms with Gasteiger partial charge in [-0.05, 0) is 38.5 Å². The van der Waals surface area contributed by atoms with Crippen molar-refractivity contribution in [3.8, 4) is 0 Å². The number of carbonyl (C=O) groups is 1. The van der Waals surface area contributed by atoms with Crippen molar-refractivity contribution >= 4 is 5.97 Å². The maximum Gasteiger partial charge on any atom is 0.303 e. The van der Waals surface area contributed by atoms with Crippen LogP contribution in [0.4, 0.5) is 0 Å². The Hall–Kier alpha value is -0.362. The van der Waals surface area contributed by atoms with E-state index in [2.05, 4.69) is 31.2 Å². The summed E-state index contributed by atoms with van der Waals surface area (Å²) in [5.74, 6) is -0.671. The quantitative estimate of drug-likeness (QED) is 0.233. The fraction of sp³-hybridized carbons (Fsp3) is 0.722. The normalized spacial score (nSPS) is 11.1. The molecule has 0 amide bonds. The first-order valence-corrected chi connectivity index (χ1v) is 8.29. The van der Waals surface area contributed by atoms with E-state index in [4.69, 9.17) is 5.11 Å². The first-order valence-electron chi connectivity index (χ1n) is 8.29. The summed E-state index contributed by atoms with van der Waals surface area (Å²) >= 11 is 0. The number of unbranched alkanes of at least 4 members (excludes halogenated alkanes) is 8.